The number of anilines is 1. The van der Waals surface area contributed by atoms with Gasteiger partial charge in [-0.15, -0.1) is 5.10 Å². The van der Waals surface area contributed by atoms with Crippen LogP contribution >= 0.6 is 0 Å². The lowest BCUT2D eigenvalue weighted by molar-refractivity contribution is -0.118. The Labute approximate surface area is 152 Å². The molecule has 0 saturated carbocycles. The molecular formula is C18H14FN3O5. The number of rotatable bonds is 6. The van der Waals surface area contributed by atoms with E-state index in [4.69, 9.17) is 18.6 Å². The molecule has 1 aliphatic heterocycles. The number of nitrogens with one attached hydrogen (secondary N) is 1. The minimum absolute atomic E-state index is 0.0292. The van der Waals surface area contributed by atoms with Gasteiger partial charge in [0.05, 0.1) is 6.42 Å². The predicted molar refractivity (Wildman–Crippen MR) is 90.2 cm³/mol. The van der Waals surface area contributed by atoms with E-state index in [1.807, 2.05) is 18.2 Å². The van der Waals surface area contributed by atoms with Crippen LogP contribution in [0.1, 0.15) is 11.5 Å². The summed E-state index contributed by atoms with van der Waals surface area (Å²) in [5.74, 6) is 1.21. The minimum Gasteiger partial charge on any atom is -0.484 e. The molecule has 1 N–H and O–H groups in total. The molecule has 9 heteroatoms. The molecule has 4 rings (SSSR count). The molecule has 0 atom stereocenters. The fraction of sp³-hybridized carbons (Fsp3) is 0.167. The number of halogens is 1. The Balaban J connectivity index is 1.31. The summed E-state index contributed by atoms with van der Waals surface area (Å²) in [4.78, 5) is 11.9. The van der Waals surface area contributed by atoms with E-state index >= 15 is 0 Å². The van der Waals surface area contributed by atoms with E-state index in [9.17, 15) is 9.18 Å². The first-order valence-electron chi connectivity index (χ1n) is 8.05. The zero-order valence-electron chi connectivity index (χ0n) is 14.0. The lowest BCUT2D eigenvalue weighted by Gasteiger charge is -2.04. The average molecular weight is 371 g/mol. The second kappa shape index (κ2) is 7.32. The number of carbonyl (C=O) groups is 1. The van der Waals surface area contributed by atoms with Gasteiger partial charge in [-0.25, -0.2) is 4.39 Å². The Hall–Kier alpha value is -3.62. The maximum absolute atomic E-state index is 12.8. The van der Waals surface area contributed by atoms with Crippen molar-refractivity contribution < 1.29 is 27.8 Å². The first-order chi connectivity index (χ1) is 13.2. The maximum Gasteiger partial charge on any atom is 0.322 e. The van der Waals surface area contributed by atoms with Crippen LogP contribution in [0.3, 0.4) is 0 Å². The number of carbonyl (C=O) groups excluding carboxylic acids is 1. The monoisotopic (exact) mass is 371 g/mol. The highest BCUT2D eigenvalue weighted by molar-refractivity contribution is 5.89. The van der Waals surface area contributed by atoms with Crippen molar-refractivity contribution in [2.45, 2.75) is 6.42 Å². The first kappa shape index (κ1) is 16.8. The third kappa shape index (κ3) is 4.14. The van der Waals surface area contributed by atoms with E-state index in [2.05, 4.69) is 15.5 Å². The van der Waals surface area contributed by atoms with E-state index in [1.54, 1.807) is 0 Å². The van der Waals surface area contributed by atoms with Gasteiger partial charge in [0.25, 0.3) is 5.91 Å². The van der Waals surface area contributed by atoms with Crippen molar-refractivity contribution in [2.24, 2.45) is 0 Å². The maximum atomic E-state index is 12.8. The second-order valence-corrected chi connectivity index (χ2v) is 5.66. The molecule has 1 aromatic heterocycles. The molecule has 0 radical (unpaired) electrons. The number of nitrogens with zero attached hydrogens (tertiary/aromatic N) is 2. The van der Waals surface area contributed by atoms with Crippen LogP contribution in [-0.4, -0.2) is 29.5 Å². The van der Waals surface area contributed by atoms with Crippen molar-refractivity contribution in [1.29, 1.82) is 0 Å². The molecular weight excluding hydrogens is 357 g/mol. The summed E-state index contributed by atoms with van der Waals surface area (Å²) in [6.07, 6.45) is 0.381. The molecule has 1 aliphatic rings. The van der Waals surface area contributed by atoms with Gasteiger partial charge < -0.3 is 18.6 Å². The van der Waals surface area contributed by atoms with Gasteiger partial charge in [0, 0.05) is 0 Å². The van der Waals surface area contributed by atoms with Gasteiger partial charge in [-0.2, -0.15) is 0 Å². The van der Waals surface area contributed by atoms with Crippen molar-refractivity contribution in [1.82, 2.24) is 10.2 Å². The van der Waals surface area contributed by atoms with Crippen LogP contribution in [0.5, 0.6) is 17.2 Å². The van der Waals surface area contributed by atoms with Crippen LogP contribution in [0.25, 0.3) is 0 Å². The van der Waals surface area contributed by atoms with Crippen molar-refractivity contribution in [3.63, 3.8) is 0 Å². The number of benzene rings is 2. The Morgan fingerprint density at radius 1 is 1.11 bits per heavy atom. The summed E-state index contributed by atoms with van der Waals surface area (Å²) in [6.45, 7) is -0.0684. The third-order valence-electron chi connectivity index (χ3n) is 3.69. The summed E-state index contributed by atoms with van der Waals surface area (Å²) in [7, 11) is 0. The highest BCUT2D eigenvalue weighted by Gasteiger charge is 2.15. The predicted octanol–water partition coefficient (Wildman–Crippen LogP) is 2.55. The van der Waals surface area contributed by atoms with Gasteiger partial charge in [-0.05, 0) is 42.0 Å². The summed E-state index contributed by atoms with van der Waals surface area (Å²) < 4.78 is 34.1. The Morgan fingerprint density at radius 3 is 2.78 bits per heavy atom. The van der Waals surface area contributed by atoms with Gasteiger partial charge in [-0.1, -0.05) is 11.2 Å². The highest BCUT2D eigenvalue weighted by atomic mass is 19.1. The largest absolute Gasteiger partial charge is 0.484 e. The standard InChI is InChI=1S/C18H14FN3O5/c19-12-2-4-13(5-3-12)24-9-16(23)20-18-22-21-17(27-18)8-11-1-6-14-15(7-11)26-10-25-14/h1-7H,8-10H2,(H,20,22,23). The Kier molecular flexibility index (Phi) is 4.56. The van der Waals surface area contributed by atoms with Crippen molar-refractivity contribution in [3.05, 3.63) is 59.7 Å². The van der Waals surface area contributed by atoms with Crippen molar-refractivity contribution in [3.8, 4) is 17.2 Å². The molecule has 138 valence electrons. The fourth-order valence-electron chi connectivity index (χ4n) is 2.44. The number of fused-ring (bicyclic) bond motifs is 1. The molecule has 0 fully saturated rings. The average Bonchev–Trinajstić information content (AvgIpc) is 3.30. The highest BCUT2D eigenvalue weighted by Crippen LogP contribution is 2.33. The summed E-state index contributed by atoms with van der Waals surface area (Å²) >= 11 is 0. The molecule has 27 heavy (non-hydrogen) atoms. The number of hydrogen-bond donors (Lipinski definition) is 1. The lowest BCUT2D eigenvalue weighted by Crippen LogP contribution is -2.20. The van der Waals surface area contributed by atoms with Gasteiger partial charge >= 0.3 is 6.01 Å². The molecule has 0 bridgehead atoms. The molecule has 2 heterocycles. The normalized spacial score (nSPS) is 12.0. The zero-order chi connectivity index (χ0) is 18.6. The molecule has 0 unspecified atom stereocenters. The van der Waals surface area contributed by atoms with Gasteiger partial charge in [-0.3, -0.25) is 10.1 Å². The fourth-order valence-corrected chi connectivity index (χ4v) is 2.44. The molecule has 0 spiro atoms. The smallest absolute Gasteiger partial charge is 0.322 e. The minimum atomic E-state index is -0.474. The molecule has 1 amide bonds. The quantitative estimate of drug-likeness (QED) is 0.711. The van der Waals surface area contributed by atoms with Crippen LogP contribution < -0.4 is 19.5 Å². The summed E-state index contributed by atoms with van der Waals surface area (Å²) in [5.41, 5.74) is 0.903. The Bertz CT molecular complexity index is 958. The van der Waals surface area contributed by atoms with Gasteiger partial charge in [0.2, 0.25) is 12.7 Å². The SMILES string of the molecule is O=C(COc1ccc(F)cc1)Nc1nnc(Cc2ccc3c(c2)OCO3)o1. The number of aromatic nitrogens is 2. The summed E-state index contributed by atoms with van der Waals surface area (Å²) in [6, 6.07) is 10.8. The van der Waals surface area contributed by atoms with Crippen LogP contribution in [0.4, 0.5) is 10.4 Å². The van der Waals surface area contributed by atoms with E-state index in [0.29, 0.717) is 29.6 Å². The van der Waals surface area contributed by atoms with E-state index in [1.165, 1.54) is 24.3 Å². The molecule has 2 aromatic carbocycles. The number of hydrogen-bond acceptors (Lipinski definition) is 7. The van der Waals surface area contributed by atoms with Gasteiger partial charge in [0.15, 0.2) is 18.1 Å². The molecule has 3 aromatic rings. The van der Waals surface area contributed by atoms with E-state index < -0.39 is 5.91 Å². The second-order valence-electron chi connectivity index (χ2n) is 5.66. The lowest BCUT2D eigenvalue weighted by atomic mass is 10.1. The molecule has 0 aliphatic carbocycles. The van der Waals surface area contributed by atoms with Crippen molar-refractivity contribution in [2.75, 3.05) is 18.7 Å². The zero-order valence-corrected chi connectivity index (χ0v) is 14.0. The summed E-state index contributed by atoms with van der Waals surface area (Å²) in [5, 5.41) is 10.1. The van der Waals surface area contributed by atoms with Crippen LogP contribution in [0.2, 0.25) is 0 Å². The van der Waals surface area contributed by atoms with E-state index in [0.717, 1.165) is 5.56 Å². The molecule has 8 nitrogen and oxygen atoms in total. The number of ether oxygens (including phenoxy) is 3. The first-order valence-corrected chi connectivity index (χ1v) is 8.05. The van der Waals surface area contributed by atoms with Crippen molar-refractivity contribution >= 4 is 11.9 Å². The van der Waals surface area contributed by atoms with Crippen LogP contribution in [-0.2, 0) is 11.2 Å². The Morgan fingerprint density at radius 2 is 1.93 bits per heavy atom. The topological polar surface area (TPSA) is 95.7 Å². The van der Waals surface area contributed by atoms with Gasteiger partial charge in [0.1, 0.15) is 11.6 Å². The van der Waals surface area contributed by atoms with Crippen LogP contribution in [0.15, 0.2) is 46.9 Å². The number of amides is 1. The van der Waals surface area contributed by atoms with Crippen LogP contribution in [0, 0.1) is 5.82 Å². The third-order valence-corrected chi connectivity index (χ3v) is 3.69. The van der Waals surface area contributed by atoms with E-state index in [-0.39, 0.29) is 25.2 Å². The molecule has 0 saturated heterocycles.